The van der Waals surface area contributed by atoms with Crippen LogP contribution in [0.15, 0.2) is 0 Å². The van der Waals surface area contributed by atoms with E-state index in [2.05, 4.69) is 6.92 Å². The second-order valence-electron chi connectivity index (χ2n) is 3.02. The fraction of sp³-hybridized carbons (Fsp3) is 0.889. The van der Waals surface area contributed by atoms with Gasteiger partial charge in [-0.15, -0.1) is 0 Å². The molecule has 0 aromatic heterocycles. The van der Waals surface area contributed by atoms with Crippen LogP contribution in [0.4, 0.5) is 0 Å². The second-order valence-corrected chi connectivity index (χ2v) is 3.02. The highest BCUT2D eigenvalue weighted by Gasteiger charge is 2.44. The number of hydrogen-bond acceptors (Lipinski definition) is 4. The molecule has 3 N–H and O–H groups in total. The molecule has 5 heteroatoms. The summed E-state index contributed by atoms with van der Waals surface area (Å²) in [6.45, 7) is 1.83. The Morgan fingerprint density at radius 2 is 1.93 bits per heavy atom. The molecule has 84 valence electrons. The molecule has 0 aromatic rings. The maximum atomic E-state index is 10.2. The van der Waals surface area contributed by atoms with Crippen molar-refractivity contribution in [2.45, 2.75) is 38.4 Å². The molecular weight excluding hydrogens is 188 g/mol. The normalized spacial score (nSPS) is 23.6. The fourth-order valence-corrected chi connectivity index (χ4v) is 0.985. The van der Waals surface area contributed by atoms with Crippen molar-refractivity contribution >= 4 is 5.97 Å². The predicted molar refractivity (Wildman–Crippen MR) is 50.0 cm³/mol. The Kier molecular flexibility index (Phi) is 7.37. The van der Waals surface area contributed by atoms with Gasteiger partial charge in [-0.05, 0) is 6.42 Å². The highest BCUT2D eigenvalue weighted by atomic mass is 16.6. The number of carbonyl (C=O) groups is 1. The van der Waals surface area contributed by atoms with Crippen LogP contribution in [-0.4, -0.2) is 46.7 Å². The Hall–Kier alpha value is -0.650. The predicted octanol–water partition coefficient (Wildman–Crippen LogP) is -0.000400. The van der Waals surface area contributed by atoms with Crippen molar-refractivity contribution in [1.29, 1.82) is 0 Å². The summed E-state index contributed by atoms with van der Waals surface area (Å²) in [6.07, 6.45) is 2.58. The molecule has 1 aliphatic heterocycles. The first-order valence-corrected chi connectivity index (χ1v) is 4.77. The lowest BCUT2D eigenvalue weighted by Crippen LogP contribution is -2.07. The van der Waals surface area contributed by atoms with Crippen LogP contribution in [0.1, 0.15) is 26.2 Å². The summed E-state index contributed by atoms with van der Waals surface area (Å²) in [6, 6.07) is 0. The van der Waals surface area contributed by atoms with E-state index in [9.17, 15) is 4.79 Å². The van der Waals surface area contributed by atoms with Crippen molar-refractivity contribution in [3.63, 3.8) is 0 Å². The minimum absolute atomic E-state index is 0.0115. The quantitative estimate of drug-likeness (QED) is 0.551. The van der Waals surface area contributed by atoms with Crippen molar-refractivity contribution in [2.24, 2.45) is 0 Å². The first-order chi connectivity index (χ1) is 6.67. The number of hydrogen-bond donors (Lipinski definition) is 3. The molecule has 0 radical (unpaired) electrons. The largest absolute Gasteiger partial charge is 0.479 e. The van der Waals surface area contributed by atoms with Crippen molar-refractivity contribution < 1.29 is 24.9 Å². The van der Waals surface area contributed by atoms with Gasteiger partial charge in [-0.25, -0.2) is 4.79 Å². The molecule has 1 aliphatic rings. The summed E-state index contributed by atoms with van der Waals surface area (Å²) in [5, 5.41) is 23.6. The van der Waals surface area contributed by atoms with Crippen LogP contribution in [0.2, 0.25) is 0 Å². The molecule has 0 bridgehead atoms. The molecule has 0 aromatic carbocycles. The van der Waals surface area contributed by atoms with Crippen LogP contribution in [0.3, 0.4) is 0 Å². The molecular formula is C9H18O5. The monoisotopic (exact) mass is 206 g/mol. The molecule has 0 amide bonds. The molecule has 0 saturated carbocycles. The van der Waals surface area contributed by atoms with Gasteiger partial charge in [0.15, 0.2) is 6.10 Å². The average Bonchev–Trinajstić information content (AvgIpc) is 2.94. The molecule has 5 nitrogen and oxygen atoms in total. The Morgan fingerprint density at radius 3 is 2.21 bits per heavy atom. The number of aliphatic hydroxyl groups excluding tert-OH is 2. The van der Waals surface area contributed by atoms with Gasteiger partial charge in [0.2, 0.25) is 0 Å². The second kappa shape index (κ2) is 7.73. The minimum Gasteiger partial charge on any atom is -0.479 e. The highest BCUT2D eigenvalue weighted by molar-refractivity contribution is 5.75. The molecule has 14 heavy (non-hydrogen) atoms. The van der Waals surface area contributed by atoms with E-state index in [1.54, 1.807) is 0 Å². The summed E-state index contributed by atoms with van der Waals surface area (Å²) < 4.78 is 4.88. The van der Waals surface area contributed by atoms with Gasteiger partial charge in [0.1, 0.15) is 0 Å². The molecule has 2 atom stereocenters. The summed E-state index contributed by atoms with van der Waals surface area (Å²) in [5.74, 6) is -0.818. The molecule has 1 saturated heterocycles. The minimum atomic E-state index is -0.818. The summed E-state index contributed by atoms with van der Waals surface area (Å²) in [4.78, 5) is 10.2. The lowest BCUT2D eigenvalue weighted by Gasteiger charge is -1.88. The maximum absolute atomic E-state index is 10.2. The van der Waals surface area contributed by atoms with Crippen LogP contribution in [-0.2, 0) is 9.53 Å². The van der Waals surface area contributed by atoms with Gasteiger partial charge in [0, 0.05) is 0 Å². The lowest BCUT2D eigenvalue weighted by molar-refractivity contribution is -0.138. The van der Waals surface area contributed by atoms with E-state index in [-0.39, 0.29) is 19.3 Å². The van der Waals surface area contributed by atoms with Gasteiger partial charge >= 0.3 is 5.97 Å². The first kappa shape index (κ1) is 13.4. The van der Waals surface area contributed by atoms with E-state index in [1.165, 1.54) is 0 Å². The molecule has 1 heterocycles. The maximum Gasteiger partial charge on any atom is 0.335 e. The number of epoxide rings is 1. The van der Waals surface area contributed by atoms with Crippen LogP contribution in [0.5, 0.6) is 0 Å². The smallest absolute Gasteiger partial charge is 0.335 e. The van der Waals surface area contributed by atoms with Crippen molar-refractivity contribution in [3.8, 4) is 0 Å². The zero-order valence-corrected chi connectivity index (χ0v) is 8.35. The summed E-state index contributed by atoms with van der Waals surface area (Å²) >= 11 is 0. The number of rotatable bonds is 5. The van der Waals surface area contributed by atoms with E-state index >= 15 is 0 Å². The zero-order valence-electron chi connectivity index (χ0n) is 8.35. The number of unbranched alkanes of at least 4 members (excludes halogenated alkanes) is 1. The Balaban J connectivity index is 0.000000364. The van der Waals surface area contributed by atoms with E-state index in [1.807, 2.05) is 0 Å². The van der Waals surface area contributed by atoms with Gasteiger partial charge in [0.05, 0.1) is 19.3 Å². The molecule has 2 unspecified atom stereocenters. The molecule has 1 rings (SSSR count). The Morgan fingerprint density at radius 1 is 1.36 bits per heavy atom. The van der Waals surface area contributed by atoms with E-state index < -0.39 is 12.1 Å². The average molecular weight is 206 g/mol. The lowest BCUT2D eigenvalue weighted by atomic mass is 10.2. The van der Waals surface area contributed by atoms with Crippen LogP contribution in [0, 0.1) is 0 Å². The van der Waals surface area contributed by atoms with Gasteiger partial charge in [-0.1, -0.05) is 19.8 Å². The van der Waals surface area contributed by atoms with Crippen LogP contribution < -0.4 is 0 Å². The highest BCUT2D eigenvalue weighted by Crippen LogP contribution is 2.26. The van der Waals surface area contributed by atoms with Crippen molar-refractivity contribution in [2.75, 3.05) is 13.2 Å². The van der Waals surface area contributed by atoms with Gasteiger partial charge < -0.3 is 20.1 Å². The van der Waals surface area contributed by atoms with Gasteiger partial charge in [-0.3, -0.25) is 0 Å². The fourth-order valence-electron chi connectivity index (χ4n) is 0.985. The van der Waals surface area contributed by atoms with Gasteiger partial charge in [-0.2, -0.15) is 0 Å². The summed E-state index contributed by atoms with van der Waals surface area (Å²) in [7, 11) is 0. The van der Waals surface area contributed by atoms with Crippen LogP contribution >= 0.6 is 0 Å². The molecule has 0 spiro atoms. The SMILES string of the molecule is CCCCC1OC1C(=O)O.OCCO. The van der Waals surface area contributed by atoms with E-state index in [0.717, 1.165) is 19.3 Å². The standard InChI is InChI=1S/C7H12O3.C2H6O2/c1-2-3-4-5-6(10-5)7(8)9;3-1-2-4/h5-6H,2-4H2,1H3,(H,8,9);3-4H,1-2H2. The Bertz CT molecular complexity index is 157. The number of carboxylic acid groups (broad SMARTS) is 1. The van der Waals surface area contributed by atoms with Crippen molar-refractivity contribution in [3.05, 3.63) is 0 Å². The van der Waals surface area contributed by atoms with Crippen molar-refractivity contribution in [1.82, 2.24) is 0 Å². The number of aliphatic hydroxyl groups is 2. The first-order valence-electron chi connectivity index (χ1n) is 4.77. The third kappa shape index (κ3) is 5.90. The number of carboxylic acids is 1. The Labute approximate surface area is 83.3 Å². The number of aliphatic carboxylic acids is 1. The van der Waals surface area contributed by atoms with Crippen LogP contribution in [0.25, 0.3) is 0 Å². The number of ether oxygens (including phenoxy) is 1. The molecule has 1 fully saturated rings. The third-order valence-corrected chi connectivity index (χ3v) is 1.77. The summed E-state index contributed by atoms with van der Waals surface area (Å²) in [5.41, 5.74) is 0. The van der Waals surface area contributed by atoms with E-state index in [4.69, 9.17) is 20.1 Å². The van der Waals surface area contributed by atoms with E-state index in [0.29, 0.717) is 0 Å². The topological polar surface area (TPSA) is 90.3 Å². The third-order valence-electron chi connectivity index (χ3n) is 1.77. The molecule has 0 aliphatic carbocycles. The van der Waals surface area contributed by atoms with Gasteiger partial charge in [0.25, 0.3) is 0 Å². The zero-order chi connectivity index (χ0) is 11.0.